The number of anilines is 1. The van der Waals surface area contributed by atoms with Crippen LogP contribution >= 0.6 is 11.3 Å². The summed E-state index contributed by atoms with van der Waals surface area (Å²) < 4.78 is 6.28. The lowest BCUT2D eigenvalue weighted by molar-refractivity contribution is -0.672. The van der Waals surface area contributed by atoms with Crippen LogP contribution < -0.4 is 16.0 Å². The highest BCUT2D eigenvalue weighted by Crippen LogP contribution is 2.42. The molecule has 3 aromatic heterocycles. The number of benzene rings is 2. The number of carbonyl (C=O) groups is 2. The van der Waals surface area contributed by atoms with Crippen LogP contribution in [-0.4, -0.2) is 21.8 Å². The van der Waals surface area contributed by atoms with Crippen LogP contribution in [0.15, 0.2) is 57.8 Å². The molecule has 0 fully saturated rings. The number of pyridine rings is 1. The van der Waals surface area contributed by atoms with Gasteiger partial charge in [0.2, 0.25) is 5.69 Å². The molecule has 0 bridgehead atoms. The van der Waals surface area contributed by atoms with E-state index >= 15 is 0 Å². The number of nitrogens with two attached hydrogens (primary N) is 1. The third kappa shape index (κ3) is 3.74. The smallest absolute Gasteiger partial charge is 0.397 e. The van der Waals surface area contributed by atoms with E-state index < -0.39 is 11.4 Å². The first-order valence-corrected chi connectivity index (χ1v) is 12.0. The first-order chi connectivity index (χ1) is 17.2. The maximum Gasteiger partial charge on any atom is 0.439 e. The molecule has 36 heavy (non-hydrogen) atoms. The highest BCUT2D eigenvalue weighted by atomic mass is 32.1. The number of H-pyrrole nitrogens is 1. The molecule has 9 heteroatoms. The highest BCUT2D eigenvalue weighted by Gasteiger charge is 2.35. The molecule has 2 aromatic carbocycles. The number of nitrogens with zero attached hydrogens (tertiary/aromatic N) is 2. The average Bonchev–Trinajstić information content (AvgIpc) is 3.37. The summed E-state index contributed by atoms with van der Waals surface area (Å²) in [5, 5.41) is 3.02. The third-order valence-electron chi connectivity index (χ3n) is 6.08. The molecule has 8 nitrogen and oxygen atoms in total. The molecule has 0 aliphatic heterocycles. The van der Waals surface area contributed by atoms with Crippen molar-refractivity contribution in [3.63, 3.8) is 0 Å². The summed E-state index contributed by atoms with van der Waals surface area (Å²) >= 11 is 1.09. The van der Waals surface area contributed by atoms with Crippen molar-refractivity contribution in [2.24, 2.45) is 0 Å². The van der Waals surface area contributed by atoms with Gasteiger partial charge in [0.25, 0.3) is 5.78 Å². The summed E-state index contributed by atoms with van der Waals surface area (Å²) in [6.07, 6.45) is 0. The summed E-state index contributed by atoms with van der Waals surface area (Å²) in [4.78, 5) is 44.3. The van der Waals surface area contributed by atoms with Crippen molar-refractivity contribution in [2.45, 2.75) is 27.7 Å². The zero-order valence-electron chi connectivity index (χ0n) is 20.1. The topological polar surface area (TPSA) is 123 Å². The quantitative estimate of drug-likeness (QED) is 0.272. The van der Waals surface area contributed by atoms with Crippen molar-refractivity contribution < 1.29 is 18.8 Å². The number of Topliss-reactive ketones (excluding diaryl/α,β-unsaturated/α-hetero) is 1. The number of aryl methyl sites for hydroxylation is 3. The Morgan fingerprint density at radius 1 is 1.06 bits per heavy atom. The van der Waals surface area contributed by atoms with Gasteiger partial charge in [0.15, 0.2) is 5.78 Å². The number of carbonyl (C=O) groups excluding carboxylic acids is 2. The van der Waals surface area contributed by atoms with Gasteiger partial charge in [-0.25, -0.2) is 9.78 Å². The van der Waals surface area contributed by atoms with E-state index in [-0.39, 0.29) is 22.0 Å². The van der Waals surface area contributed by atoms with Crippen molar-refractivity contribution in [2.75, 3.05) is 5.73 Å². The number of ketones is 2. The van der Waals surface area contributed by atoms with Crippen molar-refractivity contribution in [1.82, 2.24) is 10.3 Å². The van der Waals surface area contributed by atoms with Gasteiger partial charge in [-0.05, 0) is 43.2 Å². The van der Waals surface area contributed by atoms with E-state index in [1.54, 1.807) is 19.1 Å². The van der Waals surface area contributed by atoms with E-state index in [0.29, 0.717) is 32.7 Å². The van der Waals surface area contributed by atoms with Crippen LogP contribution in [0.1, 0.15) is 49.5 Å². The monoisotopic (exact) mass is 499 g/mol. The number of aromatic amines is 1. The van der Waals surface area contributed by atoms with Crippen molar-refractivity contribution >= 4 is 38.8 Å². The van der Waals surface area contributed by atoms with Gasteiger partial charge in [0, 0.05) is 28.6 Å². The Labute approximate surface area is 210 Å². The Bertz CT molecular complexity index is 1740. The van der Waals surface area contributed by atoms with Crippen LogP contribution in [0.4, 0.5) is 5.69 Å². The van der Waals surface area contributed by atoms with Gasteiger partial charge in [0.1, 0.15) is 9.71 Å². The molecule has 5 aromatic rings. The van der Waals surface area contributed by atoms with Gasteiger partial charge in [-0.3, -0.25) is 14.1 Å². The molecule has 180 valence electrons. The largest absolute Gasteiger partial charge is 0.439 e. The summed E-state index contributed by atoms with van der Waals surface area (Å²) in [6, 6.07) is 15.0. The fourth-order valence-corrected chi connectivity index (χ4v) is 5.50. The zero-order valence-corrected chi connectivity index (χ0v) is 20.9. The SMILES string of the molecule is CC(=O)c1c(C)nc2sc(C(=O)c3c(=O)o[nH][n+]3-c3ccc(C)cc3)c(N)c2c1-c1cccc(C)c1. The molecule has 0 atom stereocenters. The lowest BCUT2D eigenvalue weighted by atomic mass is 9.92. The Balaban J connectivity index is 1.77. The predicted octanol–water partition coefficient (Wildman–Crippen LogP) is 4.46. The normalized spacial score (nSPS) is 11.2. The minimum Gasteiger partial charge on any atom is -0.397 e. The molecule has 0 amide bonds. The van der Waals surface area contributed by atoms with Crippen molar-refractivity contribution in [1.29, 1.82) is 0 Å². The van der Waals surface area contributed by atoms with Gasteiger partial charge < -0.3 is 5.73 Å². The van der Waals surface area contributed by atoms with Gasteiger partial charge in [-0.1, -0.05) is 47.5 Å². The number of fused-ring (bicyclic) bond motifs is 1. The van der Waals surface area contributed by atoms with Crippen LogP contribution in [0.5, 0.6) is 0 Å². The molecular weight excluding hydrogens is 476 g/mol. The lowest BCUT2D eigenvalue weighted by Crippen LogP contribution is -2.41. The Kier molecular flexibility index (Phi) is 5.64. The molecule has 0 spiro atoms. The second-order valence-electron chi connectivity index (χ2n) is 8.73. The molecule has 0 aliphatic carbocycles. The maximum absolute atomic E-state index is 13.7. The van der Waals surface area contributed by atoms with E-state index in [9.17, 15) is 14.4 Å². The second kappa shape index (κ2) is 8.69. The molecule has 3 N–H and O–H groups in total. The number of thiophene rings is 1. The molecular formula is C27H23N4O4S+. The van der Waals surface area contributed by atoms with E-state index in [2.05, 4.69) is 10.3 Å². The zero-order chi connectivity index (χ0) is 25.7. The Hall–Kier alpha value is -4.37. The van der Waals surface area contributed by atoms with E-state index in [1.807, 2.05) is 50.2 Å². The first-order valence-electron chi connectivity index (χ1n) is 11.2. The summed E-state index contributed by atoms with van der Waals surface area (Å²) in [6.45, 7) is 7.15. The van der Waals surface area contributed by atoms with Gasteiger partial charge in [0.05, 0.1) is 11.4 Å². The number of aromatic nitrogens is 3. The molecule has 0 radical (unpaired) electrons. The molecule has 3 heterocycles. The lowest BCUT2D eigenvalue weighted by Gasteiger charge is -2.13. The minimum absolute atomic E-state index is 0.152. The molecule has 5 rings (SSSR count). The van der Waals surface area contributed by atoms with Crippen molar-refractivity contribution in [3.8, 4) is 16.8 Å². The van der Waals surface area contributed by atoms with E-state index in [4.69, 9.17) is 10.3 Å². The van der Waals surface area contributed by atoms with Gasteiger partial charge in [-0.15, -0.1) is 11.3 Å². The molecule has 0 saturated carbocycles. The molecule has 0 aliphatic rings. The second-order valence-corrected chi connectivity index (χ2v) is 9.73. The number of nitrogen functional groups attached to an aromatic ring is 1. The molecule has 0 saturated heterocycles. The van der Waals surface area contributed by atoms with Crippen LogP contribution in [0.2, 0.25) is 0 Å². The number of hydrogen-bond acceptors (Lipinski definition) is 7. The Morgan fingerprint density at radius 3 is 2.44 bits per heavy atom. The van der Waals surface area contributed by atoms with Crippen LogP contribution in [-0.2, 0) is 0 Å². The predicted molar refractivity (Wildman–Crippen MR) is 138 cm³/mol. The number of rotatable bonds is 5. The van der Waals surface area contributed by atoms with Crippen molar-refractivity contribution in [3.05, 3.63) is 91.9 Å². The number of hydrogen-bond donors (Lipinski definition) is 2. The van der Waals surface area contributed by atoms with Crippen LogP contribution in [0.3, 0.4) is 0 Å². The van der Waals surface area contributed by atoms with Gasteiger partial charge >= 0.3 is 11.3 Å². The standard InChI is InChI=1S/C27H22N4O4S/c1-13-8-10-18(11-9-13)31-23(27(34)35-30-31)24(33)25-22(28)21-20(17-7-5-6-14(2)12-17)19(16(4)32)15(3)29-26(21)36-25/h5-12H,1-4H3,(H2-,28,30,33,34)/p+1. The van der Waals surface area contributed by atoms with Crippen LogP contribution in [0, 0.1) is 20.8 Å². The van der Waals surface area contributed by atoms with Crippen LogP contribution in [0.25, 0.3) is 27.0 Å². The minimum atomic E-state index is -0.815. The first kappa shape index (κ1) is 23.4. The van der Waals surface area contributed by atoms with E-state index in [1.165, 1.54) is 11.6 Å². The average molecular weight is 500 g/mol. The third-order valence-corrected chi connectivity index (χ3v) is 7.17. The summed E-state index contributed by atoms with van der Waals surface area (Å²) in [7, 11) is 0. The summed E-state index contributed by atoms with van der Waals surface area (Å²) in [5.41, 5.74) is 10.8. The summed E-state index contributed by atoms with van der Waals surface area (Å²) in [5.74, 6) is -0.747. The fourth-order valence-electron chi connectivity index (χ4n) is 4.40. The maximum atomic E-state index is 13.7. The molecule has 0 unspecified atom stereocenters. The fraction of sp³-hybridized carbons (Fsp3) is 0.148. The van der Waals surface area contributed by atoms with E-state index in [0.717, 1.165) is 28.0 Å². The Morgan fingerprint density at radius 2 is 1.78 bits per heavy atom. The number of nitrogens with one attached hydrogen (secondary N) is 1. The highest BCUT2D eigenvalue weighted by molar-refractivity contribution is 7.21. The van der Waals surface area contributed by atoms with Gasteiger partial charge in [-0.2, -0.15) is 0 Å².